The molecule has 0 radical (unpaired) electrons. The topological polar surface area (TPSA) is 29.9 Å². The van der Waals surface area contributed by atoms with Crippen molar-refractivity contribution in [2.45, 2.75) is 39.9 Å². The van der Waals surface area contributed by atoms with E-state index in [1.807, 2.05) is 24.0 Å². The highest BCUT2D eigenvalue weighted by atomic mass is 15.3. The molecule has 1 N–H and O–H groups in total. The van der Waals surface area contributed by atoms with Gasteiger partial charge in [-0.2, -0.15) is 5.10 Å². The van der Waals surface area contributed by atoms with Crippen molar-refractivity contribution in [2.75, 3.05) is 0 Å². The number of hydrogen-bond donors (Lipinski definition) is 1. The third-order valence-electron chi connectivity index (χ3n) is 1.82. The third kappa shape index (κ3) is 3.63. The highest BCUT2D eigenvalue weighted by Crippen LogP contribution is 1.97. The molecular formula is C11H17N3. The maximum absolute atomic E-state index is 4.21. The molecule has 0 atom stereocenters. The van der Waals surface area contributed by atoms with Gasteiger partial charge in [-0.1, -0.05) is 19.8 Å². The number of nitrogens with one attached hydrogen (secondary N) is 1. The number of aromatic nitrogens is 2. The van der Waals surface area contributed by atoms with Gasteiger partial charge in [-0.25, -0.2) is 0 Å². The largest absolute Gasteiger partial charge is 0.310 e. The molecule has 0 fully saturated rings. The smallest absolute Gasteiger partial charge is 0.102 e. The van der Waals surface area contributed by atoms with Gasteiger partial charge in [0, 0.05) is 24.3 Å². The Bertz CT molecular complexity index is 328. The molecule has 1 aromatic rings. The lowest BCUT2D eigenvalue weighted by Gasteiger charge is -2.04. The molecule has 0 saturated carbocycles. The second-order valence-electron chi connectivity index (χ2n) is 3.51. The van der Waals surface area contributed by atoms with E-state index in [-0.39, 0.29) is 0 Å². The molecule has 1 aromatic heterocycles. The highest BCUT2D eigenvalue weighted by Gasteiger charge is 1.98. The van der Waals surface area contributed by atoms with Crippen LogP contribution in [0.25, 0.3) is 0 Å². The first-order valence-electron chi connectivity index (χ1n) is 4.86. The summed E-state index contributed by atoms with van der Waals surface area (Å²) in [5, 5.41) is 7.55. The molecule has 1 heterocycles. The molecule has 0 aromatic carbocycles. The van der Waals surface area contributed by atoms with Crippen molar-refractivity contribution in [1.29, 1.82) is 0 Å². The van der Waals surface area contributed by atoms with Crippen molar-refractivity contribution < 1.29 is 0 Å². The Morgan fingerprint density at radius 2 is 2.36 bits per heavy atom. The van der Waals surface area contributed by atoms with Crippen LogP contribution in [-0.2, 0) is 13.1 Å². The molecule has 1 rings (SSSR count). The molecule has 3 heteroatoms. The van der Waals surface area contributed by atoms with Gasteiger partial charge in [-0.05, 0) is 6.92 Å². The monoisotopic (exact) mass is 191 g/mol. The summed E-state index contributed by atoms with van der Waals surface area (Å²) in [4.78, 5) is 0. The van der Waals surface area contributed by atoms with Crippen LogP contribution < -0.4 is 5.32 Å². The second kappa shape index (κ2) is 5.46. The fourth-order valence-corrected chi connectivity index (χ4v) is 1.07. The Balaban J connectivity index is 2.45. The molecule has 0 bridgehead atoms. The summed E-state index contributed by atoms with van der Waals surface area (Å²) in [6.45, 7) is 7.65. The first-order valence-corrected chi connectivity index (χ1v) is 4.86. The zero-order valence-electron chi connectivity index (χ0n) is 9.04. The van der Waals surface area contributed by atoms with E-state index in [4.69, 9.17) is 0 Å². The Morgan fingerprint density at radius 1 is 1.57 bits per heavy atom. The summed E-state index contributed by atoms with van der Waals surface area (Å²) in [6, 6.07) is 0.508. The minimum Gasteiger partial charge on any atom is -0.310 e. The van der Waals surface area contributed by atoms with Crippen molar-refractivity contribution in [1.82, 2.24) is 15.1 Å². The summed E-state index contributed by atoms with van der Waals surface area (Å²) < 4.78 is 1.86. The molecule has 14 heavy (non-hydrogen) atoms. The molecule has 0 aliphatic rings. The third-order valence-corrected chi connectivity index (χ3v) is 1.82. The predicted octanol–water partition coefficient (Wildman–Crippen LogP) is 1.40. The van der Waals surface area contributed by atoms with Gasteiger partial charge in [0.05, 0.1) is 6.20 Å². The van der Waals surface area contributed by atoms with E-state index in [1.54, 1.807) is 0 Å². The minimum absolute atomic E-state index is 0.508. The van der Waals surface area contributed by atoms with Crippen LogP contribution in [0.1, 0.15) is 26.3 Å². The van der Waals surface area contributed by atoms with Crippen LogP contribution in [0, 0.1) is 11.8 Å². The van der Waals surface area contributed by atoms with E-state index in [9.17, 15) is 0 Å². The van der Waals surface area contributed by atoms with Gasteiger partial charge in [-0.3, -0.25) is 4.68 Å². The van der Waals surface area contributed by atoms with Crippen molar-refractivity contribution in [3.05, 3.63) is 18.0 Å². The lowest BCUT2D eigenvalue weighted by molar-refractivity contribution is 0.588. The van der Waals surface area contributed by atoms with Crippen molar-refractivity contribution in [2.24, 2.45) is 0 Å². The average molecular weight is 191 g/mol. The zero-order chi connectivity index (χ0) is 10.4. The SMILES string of the molecule is CC#CCn1cc(CNC(C)C)cn1. The summed E-state index contributed by atoms with van der Waals surface area (Å²) in [7, 11) is 0. The minimum atomic E-state index is 0.508. The van der Waals surface area contributed by atoms with E-state index in [0.717, 1.165) is 6.54 Å². The van der Waals surface area contributed by atoms with Crippen LogP contribution in [0.15, 0.2) is 12.4 Å². The summed E-state index contributed by atoms with van der Waals surface area (Å²) in [5.41, 5.74) is 1.21. The predicted molar refractivity (Wildman–Crippen MR) is 57.7 cm³/mol. The van der Waals surface area contributed by atoms with Crippen LogP contribution in [-0.4, -0.2) is 15.8 Å². The van der Waals surface area contributed by atoms with Crippen LogP contribution in [0.2, 0.25) is 0 Å². The van der Waals surface area contributed by atoms with E-state index < -0.39 is 0 Å². The molecule has 0 spiro atoms. The average Bonchev–Trinajstić information content (AvgIpc) is 2.59. The van der Waals surface area contributed by atoms with Gasteiger partial charge in [0.2, 0.25) is 0 Å². The van der Waals surface area contributed by atoms with E-state index in [2.05, 4.69) is 36.1 Å². The first-order chi connectivity index (χ1) is 6.72. The van der Waals surface area contributed by atoms with Crippen LogP contribution in [0.5, 0.6) is 0 Å². The Morgan fingerprint density at radius 3 is 3.00 bits per heavy atom. The number of rotatable bonds is 4. The van der Waals surface area contributed by atoms with Crippen molar-refractivity contribution in [3.8, 4) is 11.8 Å². The van der Waals surface area contributed by atoms with E-state index >= 15 is 0 Å². The fraction of sp³-hybridized carbons (Fsp3) is 0.545. The van der Waals surface area contributed by atoms with Crippen molar-refractivity contribution in [3.63, 3.8) is 0 Å². The molecule has 0 saturated heterocycles. The molecule has 3 nitrogen and oxygen atoms in total. The first kappa shape index (κ1) is 10.8. The lowest BCUT2D eigenvalue weighted by Crippen LogP contribution is -2.21. The van der Waals surface area contributed by atoms with Gasteiger partial charge >= 0.3 is 0 Å². The highest BCUT2D eigenvalue weighted by molar-refractivity contribution is 5.05. The summed E-state index contributed by atoms with van der Waals surface area (Å²) >= 11 is 0. The quantitative estimate of drug-likeness (QED) is 0.729. The molecule has 0 unspecified atom stereocenters. The Kier molecular flexibility index (Phi) is 4.21. The normalized spacial score (nSPS) is 10.0. The number of nitrogens with zero attached hydrogens (tertiary/aromatic N) is 2. The molecular weight excluding hydrogens is 174 g/mol. The van der Waals surface area contributed by atoms with E-state index in [0.29, 0.717) is 12.6 Å². The van der Waals surface area contributed by atoms with Crippen LogP contribution >= 0.6 is 0 Å². The molecule has 0 amide bonds. The van der Waals surface area contributed by atoms with Crippen molar-refractivity contribution >= 4 is 0 Å². The lowest BCUT2D eigenvalue weighted by atomic mass is 10.3. The standard InChI is InChI=1S/C11H17N3/c1-4-5-6-14-9-11(8-13-14)7-12-10(2)3/h8-10,12H,6-7H2,1-3H3. The molecule has 0 aliphatic carbocycles. The maximum Gasteiger partial charge on any atom is 0.102 e. The molecule has 0 aliphatic heterocycles. The van der Waals surface area contributed by atoms with Gasteiger partial charge in [0.1, 0.15) is 6.54 Å². The number of hydrogen-bond acceptors (Lipinski definition) is 2. The fourth-order valence-electron chi connectivity index (χ4n) is 1.07. The van der Waals surface area contributed by atoms with Gasteiger partial charge < -0.3 is 5.32 Å². The van der Waals surface area contributed by atoms with Gasteiger partial charge in [0.15, 0.2) is 0 Å². The maximum atomic E-state index is 4.21. The van der Waals surface area contributed by atoms with E-state index in [1.165, 1.54) is 5.56 Å². The zero-order valence-corrected chi connectivity index (χ0v) is 9.04. The van der Waals surface area contributed by atoms with Gasteiger partial charge in [-0.15, -0.1) is 5.92 Å². The Hall–Kier alpha value is -1.27. The van der Waals surface area contributed by atoms with Crippen LogP contribution in [0.4, 0.5) is 0 Å². The van der Waals surface area contributed by atoms with Gasteiger partial charge in [0.25, 0.3) is 0 Å². The molecule has 76 valence electrons. The Labute approximate surface area is 85.5 Å². The van der Waals surface area contributed by atoms with Crippen LogP contribution in [0.3, 0.4) is 0 Å². The second-order valence-corrected chi connectivity index (χ2v) is 3.51. The summed E-state index contributed by atoms with van der Waals surface area (Å²) in [5.74, 6) is 5.82. The summed E-state index contributed by atoms with van der Waals surface area (Å²) in [6.07, 6.45) is 3.91.